The molecule has 114 valence electrons. The molecule has 0 heterocycles. The van der Waals surface area contributed by atoms with Gasteiger partial charge >= 0.3 is 0 Å². The summed E-state index contributed by atoms with van der Waals surface area (Å²) in [4.78, 5) is 11.5. The number of nitrogens with one attached hydrogen (secondary N) is 2. The molecule has 0 rings (SSSR count). The third-order valence-corrected chi connectivity index (χ3v) is 4.10. The Morgan fingerprint density at radius 3 is 2.26 bits per heavy atom. The largest absolute Gasteiger partial charge is 0.380 e. The van der Waals surface area contributed by atoms with Crippen molar-refractivity contribution in [3.05, 3.63) is 0 Å². The Bertz CT molecular complexity index is 368. The molecule has 0 aliphatic heterocycles. The van der Waals surface area contributed by atoms with Crippen LogP contribution in [0.5, 0.6) is 0 Å². The van der Waals surface area contributed by atoms with Crippen LogP contribution in [0.4, 0.5) is 0 Å². The summed E-state index contributed by atoms with van der Waals surface area (Å²) >= 11 is 0. The number of amides is 1. The first-order valence-corrected chi connectivity index (χ1v) is 8.17. The van der Waals surface area contributed by atoms with Gasteiger partial charge in [-0.25, -0.2) is 13.1 Å². The van der Waals surface area contributed by atoms with Crippen LogP contribution < -0.4 is 10.0 Å². The van der Waals surface area contributed by atoms with Crippen LogP contribution >= 0.6 is 0 Å². The van der Waals surface area contributed by atoms with Crippen LogP contribution in [0.2, 0.25) is 0 Å². The quantitative estimate of drug-likeness (QED) is 0.648. The molecule has 7 heteroatoms. The average molecular weight is 294 g/mol. The van der Waals surface area contributed by atoms with Crippen molar-refractivity contribution < 1.29 is 17.9 Å². The first-order valence-electron chi connectivity index (χ1n) is 6.52. The van der Waals surface area contributed by atoms with E-state index >= 15 is 0 Å². The summed E-state index contributed by atoms with van der Waals surface area (Å²) in [5.41, 5.74) is 0. The number of carbonyl (C=O) groups is 1. The fourth-order valence-corrected chi connectivity index (χ4v) is 3.20. The van der Waals surface area contributed by atoms with E-state index in [0.29, 0.717) is 18.9 Å². The topological polar surface area (TPSA) is 84.5 Å². The van der Waals surface area contributed by atoms with Gasteiger partial charge in [-0.3, -0.25) is 4.79 Å². The van der Waals surface area contributed by atoms with Crippen LogP contribution in [-0.2, 0) is 19.6 Å². The third-order valence-electron chi connectivity index (χ3n) is 2.57. The Morgan fingerprint density at radius 2 is 1.84 bits per heavy atom. The molecule has 0 bridgehead atoms. The highest BCUT2D eigenvalue weighted by molar-refractivity contribution is 7.89. The minimum atomic E-state index is -3.54. The van der Waals surface area contributed by atoms with Crippen molar-refractivity contribution in [3.8, 4) is 0 Å². The molecule has 0 saturated carbocycles. The van der Waals surface area contributed by atoms with Crippen LogP contribution in [-0.4, -0.2) is 45.9 Å². The molecule has 6 nitrogen and oxygen atoms in total. The van der Waals surface area contributed by atoms with E-state index in [-0.39, 0.29) is 17.8 Å². The van der Waals surface area contributed by atoms with E-state index in [1.54, 1.807) is 6.92 Å². The highest BCUT2D eigenvalue weighted by atomic mass is 32.2. The van der Waals surface area contributed by atoms with E-state index in [1.165, 1.54) is 14.0 Å². The van der Waals surface area contributed by atoms with E-state index < -0.39 is 16.1 Å². The number of rotatable bonds is 9. The van der Waals surface area contributed by atoms with E-state index in [9.17, 15) is 13.2 Å². The Morgan fingerprint density at radius 1 is 1.26 bits per heavy atom. The number of sulfonamides is 1. The summed E-state index contributed by atoms with van der Waals surface area (Å²) in [6.07, 6.45) is 0.298. The number of hydrogen-bond acceptors (Lipinski definition) is 4. The molecule has 1 amide bonds. The standard InChI is InChI=1S/C12H26N2O4S/c1-6-13-12(15)10(4)14-19(16,17)8-11(18-5)7-9(2)3/h9-11,14H,6-8H2,1-5H3,(H,13,15)/t10-,11+/m1/s1. The Labute approximate surface area is 116 Å². The minimum Gasteiger partial charge on any atom is -0.380 e. The smallest absolute Gasteiger partial charge is 0.237 e. The fraction of sp³-hybridized carbons (Fsp3) is 0.917. The zero-order valence-electron chi connectivity index (χ0n) is 12.4. The van der Waals surface area contributed by atoms with Crippen LogP contribution in [0.15, 0.2) is 0 Å². The Balaban J connectivity index is 4.49. The fourth-order valence-electron chi connectivity index (χ4n) is 1.70. The van der Waals surface area contributed by atoms with Gasteiger partial charge < -0.3 is 10.1 Å². The van der Waals surface area contributed by atoms with Crippen molar-refractivity contribution in [1.82, 2.24) is 10.0 Å². The second-order valence-electron chi connectivity index (χ2n) is 5.00. The summed E-state index contributed by atoms with van der Waals surface area (Å²) in [7, 11) is -2.04. The predicted molar refractivity (Wildman–Crippen MR) is 75.3 cm³/mol. The van der Waals surface area contributed by atoms with Crippen molar-refractivity contribution >= 4 is 15.9 Å². The highest BCUT2D eigenvalue weighted by Crippen LogP contribution is 2.09. The summed E-state index contributed by atoms with van der Waals surface area (Å²) < 4.78 is 31.4. The molecule has 0 aromatic carbocycles. The summed E-state index contributed by atoms with van der Waals surface area (Å²) in [6.45, 7) is 7.78. The monoisotopic (exact) mass is 294 g/mol. The molecule has 0 saturated heterocycles. The van der Waals surface area contributed by atoms with Crippen LogP contribution in [0.1, 0.15) is 34.1 Å². The third kappa shape index (κ3) is 8.18. The number of hydrogen-bond donors (Lipinski definition) is 2. The van der Waals surface area contributed by atoms with E-state index in [2.05, 4.69) is 10.0 Å². The molecule has 0 aliphatic carbocycles. The molecule has 0 unspecified atom stereocenters. The predicted octanol–water partition coefficient (Wildman–Crippen LogP) is 0.492. The minimum absolute atomic E-state index is 0.134. The van der Waals surface area contributed by atoms with Gasteiger partial charge in [0.05, 0.1) is 17.9 Å². The maximum atomic E-state index is 11.9. The van der Waals surface area contributed by atoms with Crippen molar-refractivity contribution in [2.45, 2.75) is 46.3 Å². The summed E-state index contributed by atoms with van der Waals surface area (Å²) in [5, 5.41) is 2.57. The molecule has 2 atom stereocenters. The molecule has 0 aliphatic rings. The number of carbonyl (C=O) groups excluding carboxylic acids is 1. The van der Waals surface area contributed by atoms with Crippen molar-refractivity contribution in [2.24, 2.45) is 5.92 Å². The number of ether oxygens (including phenoxy) is 1. The van der Waals surface area contributed by atoms with E-state index in [0.717, 1.165) is 0 Å². The van der Waals surface area contributed by atoms with Crippen molar-refractivity contribution in [2.75, 3.05) is 19.4 Å². The van der Waals surface area contributed by atoms with Gasteiger partial charge in [0.25, 0.3) is 0 Å². The second-order valence-corrected chi connectivity index (χ2v) is 6.80. The second kappa shape index (κ2) is 8.50. The van der Waals surface area contributed by atoms with Crippen molar-refractivity contribution in [3.63, 3.8) is 0 Å². The number of likely N-dealkylation sites (N-methyl/N-ethyl adjacent to an activating group) is 1. The van der Waals surface area contributed by atoms with Crippen molar-refractivity contribution in [1.29, 1.82) is 0 Å². The van der Waals surface area contributed by atoms with Crippen LogP contribution in [0.25, 0.3) is 0 Å². The van der Waals surface area contributed by atoms with Gasteiger partial charge in [-0.05, 0) is 26.2 Å². The SMILES string of the molecule is CCNC(=O)[C@@H](C)NS(=O)(=O)C[C@H](CC(C)C)OC. The summed E-state index contributed by atoms with van der Waals surface area (Å²) in [5.74, 6) is -0.115. The van der Waals surface area contributed by atoms with Gasteiger partial charge in [-0.2, -0.15) is 0 Å². The number of methoxy groups -OCH3 is 1. The maximum absolute atomic E-state index is 11.9. The Kier molecular flexibility index (Phi) is 8.20. The maximum Gasteiger partial charge on any atom is 0.237 e. The van der Waals surface area contributed by atoms with Gasteiger partial charge in [0.2, 0.25) is 15.9 Å². The van der Waals surface area contributed by atoms with Crippen LogP contribution in [0, 0.1) is 5.92 Å². The van der Waals surface area contributed by atoms with Gasteiger partial charge in [-0.15, -0.1) is 0 Å². The Hall–Kier alpha value is -0.660. The zero-order valence-corrected chi connectivity index (χ0v) is 13.2. The molecule has 0 spiro atoms. The lowest BCUT2D eigenvalue weighted by atomic mass is 10.1. The summed E-state index contributed by atoms with van der Waals surface area (Å²) in [6, 6.07) is -0.776. The highest BCUT2D eigenvalue weighted by Gasteiger charge is 2.24. The van der Waals surface area contributed by atoms with Gasteiger partial charge in [-0.1, -0.05) is 13.8 Å². The molecule has 19 heavy (non-hydrogen) atoms. The lowest BCUT2D eigenvalue weighted by Gasteiger charge is -2.19. The van der Waals surface area contributed by atoms with E-state index in [1.807, 2.05) is 13.8 Å². The molecule has 0 aromatic rings. The van der Waals surface area contributed by atoms with Crippen LogP contribution in [0.3, 0.4) is 0 Å². The first-order chi connectivity index (χ1) is 8.71. The van der Waals surface area contributed by atoms with Gasteiger partial charge in [0, 0.05) is 13.7 Å². The van der Waals surface area contributed by atoms with Gasteiger partial charge in [0.15, 0.2) is 0 Å². The average Bonchev–Trinajstić information content (AvgIpc) is 2.26. The first kappa shape index (κ1) is 18.3. The molecule has 0 aromatic heterocycles. The van der Waals surface area contributed by atoms with Gasteiger partial charge in [0.1, 0.15) is 0 Å². The molecule has 2 N–H and O–H groups in total. The molecular formula is C12H26N2O4S. The molecule has 0 radical (unpaired) electrons. The lowest BCUT2D eigenvalue weighted by molar-refractivity contribution is -0.122. The van der Waals surface area contributed by atoms with E-state index in [4.69, 9.17) is 4.74 Å². The molecule has 0 fully saturated rings. The molecular weight excluding hydrogens is 268 g/mol. The normalized spacial score (nSPS) is 15.3. The zero-order chi connectivity index (χ0) is 15.1. The lowest BCUT2D eigenvalue weighted by Crippen LogP contribution is -2.46.